The molecule has 0 radical (unpaired) electrons. The molecule has 0 atom stereocenters. The SMILES string of the molecule is Cc1cc(CCN)c(Oc2ccc(Cl)c(C)c2C)cc1S(C)(=O)=O. The largest absolute Gasteiger partial charge is 0.457 e. The standard InChI is InChI=1S/C18H22ClNO3S/c1-11-9-14(7-8-20)17(10-18(11)24(4,21)22)23-16-6-5-15(19)12(2)13(16)3/h5-6,9-10H,7-8,20H2,1-4H3. The van der Waals surface area contributed by atoms with Crippen LogP contribution in [-0.2, 0) is 16.3 Å². The molecule has 0 spiro atoms. The summed E-state index contributed by atoms with van der Waals surface area (Å²) in [5, 5.41) is 0.669. The summed E-state index contributed by atoms with van der Waals surface area (Å²) in [6, 6.07) is 6.97. The van der Waals surface area contributed by atoms with E-state index in [1.54, 1.807) is 25.1 Å². The van der Waals surface area contributed by atoms with Crippen LogP contribution in [0.4, 0.5) is 0 Å². The average molecular weight is 368 g/mol. The van der Waals surface area contributed by atoms with Crippen LogP contribution < -0.4 is 10.5 Å². The van der Waals surface area contributed by atoms with Crippen LogP contribution in [0, 0.1) is 20.8 Å². The number of rotatable bonds is 5. The first kappa shape index (κ1) is 18.8. The maximum Gasteiger partial charge on any atom is 0.175 e. The topological polar surface area (TPSA) is 69.4 Å². The summed E-state index contributed by atoms with van der Waals surface area (Å²) in [5.74, 6) is 1.16. The summed E-state index contributed by atoms with van der Waals surface area (Å²) in [7, 11) is -3.34. The Kier molecular flexibility index (Phi) is 5.58. The number of sulfone groups is 1. The van der Waals surface area contributed by atoms with Gasteiger partial charge in [-0.05, 0) is 74.2 Å². The smallest absolute Gasteiger partial charge is 0.175 e. The summed E-state index contributed by atoms with van der Waals surface area (Å²) < 4.78 is 30.0. The van der Waals surface area contributed by atoms with Crippen molar-refractivity contribution in [1.82, 2.24) is 0 Å². The van der Waals surface area contributed by atoms with Gasteiger partial charge in [0.05, 0.1) is 4.90 Å². The minimum atomic E-state index is -3.34. The number of nitrogens with two attached hydrogens (primary N) is 1. The normalized spacial score (nSPS) is 11.6. The van der Waals surface area contributed by atoms with E-state index in [9.17, 15) is 8.42 Å². The van der Waals surface area contributed by atoms with Crippen molar-refractivity contribution >= 4 is 21.4 Å². The molecule has 0 unspecified atom stereocenters. The van der Waals surface area contributed by atoms with Gasteiger partial charge in [-0.25, -0.2) is 8.42 Å². The average Bonchev–Trinajstić information content (AvgIpc) is 2.49. The molecule has 0 aliphatic heterocycles. The zero-order chi connectivity index (χ0) is 18.1. The molecule has 0 aliphatic carbocycles. The summed E-state index contributed by atoms with van der Waals surface area (Å²) >= 11 is 6.12. The van der Waals surface area contributed by atoms with E-state index >= 15 is 0 Å². The predicted octanol–water partition coefficient (Wildman–Crippen LogP) is 3.96. The molecule has 4 nitrogen and oxygen atoms in total. The van der Waals surface area contributed by atoms with Gasteiger partial charge in [-0.15, -0.1) is 0 Å². The molecule has 24 heavy (non-hydrogen) atoms. The third-order valence-corrected chi connectivity index (χ3v) is 5.71. The highest BCUT2D eigenvalue weighted by molar-refractivity contribution is 7.90. The van der Waals surface area contributed by atoms with Gasteiger partial charge in [0.25, 0.3) is 0 Å². The van der Waals surface area contributed by atoms with Gasteiger partial charge >= 0.3 is 0 Å². The van der Waals surface area contributed by atoms with Crippen LogP contribution in [0.15, 0.2) is 29.2 Å². The highest BCUT2D eigenvalue weighted by atomic mass is 35.5. The minimum absolute atomic E-state index is 0.265. The molecule has 0 aromatic heterocycles. The van der Waals surface area contributed by atoms with Crippen molar-refractivity contribution in [2.45, 2.75) is 32.1 Å². The number of hydrogen-bond donors (Lipinski definition) is 1. The van der Waals surface area contributed by atoms with Gasteiger partial charge < -0.3 is 10.5 Å². The van der Waals surface area contributed by atoms with E-state index in [1.165, 1.54) is 6.26 Å². The molecular formula is C18H22ClNO3S. The first-order valence-corrected chi connectivity index (χ1v) is 9.89. The number of ether oxygens (including phenoxy) is 1. The third-order valence-electron chi connectivity index (χ3n) is 4.06. The Balaban J connectivity index is 2.58. The van der Waals surface area contributed by atoms with Crippen molar-refractivity contribution in [3.63, 3.8) is 0 Å². The molecular weight excluding hydrogens is 346 g/mol. The van der Waals surface area contributed by atoms with Crippen LogP contribution in [0.3, 0.4) is 0 Å². The van der Waals surface area contributed by atoms with Gasteiger partial charge in [-0.1, -0.05) is 17.7 Å². The van der Waals surface area contributed by atoms with E-state index < -0.39 is 9.84 Å². The second kappa shape index (κ2) is 7.13. The van der Waals surface area contributed by atoms with Gasteiger partial charge in [0.1, 0.15) is 11.5 Å². The van der Waals surface area contributed by atoms with E-state index in [1.807, 2.05) is 19.9 Å². The van der Waals surface area contributed by atoms with Crippen LogP contribution in [0.5, 0.6) is 11.5 Å². The maximum absolute atomic E-state index is 12.0. The lowest BCUT2D eigenvalue weighted by Gasteiger charge is -2.17. The van der Waals surface area contributed by atoms with Gasteiger partial charge in [0, 0.05) is 11.3 Å². The fraction of sp³-hybridized carbons (Fsp3) is 0.333. The molecule has 0 saturated heterocycles. The molecule has 2 N–H and O–H groups in total. The first-order valence-electron chi connectivity index (χ1n) is 7.62. The fourth-order valence-electron chi connectivity index (χ4n) is 2.57. The number of benzene rings is 2. The first-order chi connectivity index (χ1) is 11.1. The van der Waals surface area contributed by atoms with Crippen LogP contribution in [0.25, 0.3) is 0 Å². The van der Waals surface area contributed by atoms with Gasteiger partial charge in [0.2, 0.25) is 0 Å². The fourth-order valence-corrected chi connectivity index (χ4v) is 3.74. The summed E-state index contributed by atoms with van der Waals surface area (Å²) in [6.45, 7) is 6.07. The molecule has 130 valence electrons. The quantitative estimate of drug-likeness (QED) is 0.868. The zero-order valence-electron chi connectivity index (χ0n) is 14.3. The molecule has 0 bridgehead atoms. The maximum atomic E-state index is 12.0. The van der Waals surface area contributed by atoms with E-state index in [-0.39, 0.29) is 4.90 Å². The summed E-state index contributed by atoms with van der Waals surface area (Å²) in [5.41, 5.74) is 9.11. The molecule has 0 saturated carbocycles. The molecule has 0 aliphatic rings. The second-order valence-electron chi connectivity index (χ2n) is 5.93. The van der Waals surface area contributed by atoms with Gasteiger partial charge in [0.15, 0.2) is 9.84 Å². The van der Waals surface area contributed by atoms with Crippen molar-refractivity contribution in [2.75, 3.05) is 12.8 Å². The Morgan fingerprint density at radius 2 is 1.75 bits per heavy atom. The van der Waals surface area contributed by atoms with Crippen molar-refractivity contribution in [1.29, 1.82) is 0 Å². The summed E-state index contributed by atoms with van der Waals surface area (Å²) in [4.78, 5) is 0.265. The van der Waals surface area contributed by atoms with Crippen molar-refractivity contribution < 1.29 is 13.2 Å². The molecule has 0 fully saturated rings. The van der Waals surface area contributed by atoms with Crippen LogP contribution in [0.2, 0.25) is 5.02 Å². The van der Waals surface area contributed by atoms with Crippen LogP contribution in [-0.4, -0.2) is 21.2 Å². The highest BCUT2D eigenvalue weighted by Gasteiger charge is 2.17. The van der Waals surface area contributed by atoms with E-state index in [4.69, 9.17) is 22.1 Å². The Hall–Kier alpha value is -1.56. The Labute approximate surface area is 148 Å². The molecule has 2 aromatic rings. The second-order valence-corrected chi connectivity index (χ2v) is 8.33. The lowest BCUT2D eigenvalue weighted by Crippen LogP contribution is -2.07. The van der Waals surface area contributed by atoms with E-state index in [0.717, 1.165) is 16.7 Å². The van der Waals surface area contributed by atoms with Gasteiger partial charge in [-0.3, -0.25) is 0 Å². The molecule has 0 heterocycles. The van der Waals surface area contributed by atoms with Crippen LogP contribution >= 0.6 is 11.6 Å². The minimum Gasteiger partial charge on any atom is -0.457 e. The highest BCUT2D eigenvalue weighted by Crippen LogP contribution is 2.34. The Morgan fingerprint density at radius 1 is 1.08 bits per heavy atom. The zero-order valence-corrected chi connectivity index (χ0v) is 15.9. The summed E-state index contributed by atoms with van der Waals surface area (Å²) in [6.07, 6.45) is 1.80. The molecule has 2 aromatic carbocycles. The van der Waals surface area contributed by atoms with Gasteiger partial charge in [-0.2, -0.15) is 0 Å². The number of halogens is 1. The third kappa shape index (κ3) is 3.91. The van der Waals surface area contributed by atoms with Crippen LogP contribution in [0.1, 0.15) is 22.3 Å². The number of hydrogen-bond acceptors (Lipinski definition) is 4. The molecule has 0 amide bonds. The van der Waals surface area contributed by atoms with Crippen molar-refractivity contribution in [3.8, 4) is 11.5 Å². The predicted molar refractivity (Wildman–Crippen MR) is 98.0 cm³/mol. The van der Waals surface area contributed by atoms with Crippen molar-refractivity contribution in [3.05, 3.63) is 51.5 Å². The lowest BCUT2D eigenvalue weighted by molar-refractivity contribution is 0.470. The van der Waals surface area contributed by atoms with E-state index in [0.29, 0.717) is 35.1 Å². The Bertz CT molecular complexity index is 876. The molecule has 2 rings (SSSR count). The Morgan fingerprint density at radius 3 is 2.33 bits per heavy atom. The van der Waals surface area contributed by atoms with Crippen molar-refractivity contribution in [2.24, 2.45) is 5.73 Å². The molecule has 6 heteroatoms. The monoisotopic (exact) mass is 367 g/mol. The number of aryl methyl sites for hydroxylation is 1. The van der Waals surface area contributed by atoms with E-state index in [2.05, 4.69) is 0 Å². The lowest BCUT2D eigenvalue weighted by atomic mass is 10.1.